The van der Waals surface area contributed by atoms with E-state index in [1.54, 1.807) is 6.07 Å². The average Bonchev–Trinajstić information content (AvgIpc) is 2.85. The van der Waals surface area contributed by atoms with Gasteiger partial charge in [0.05, 0.1) is 6.54 Å². The lowest BCUT2D eigenvalue weighted by Gasteiger charge is -2.12. The molecule has 19 heavy (non-hydrogen) atoms. The third-order valence-corrected chi connectivity index (χ3v) is 3.11. The number of carbonyl (C=O) groups excluding carboxylic acids is 1. The van der Waals surface area contributed by atoms with Gasteiger partial charge in [-0.25, -0.2) is 4.79 Å². The molecule has 0 spiro atoms. The number of fused-ring (bicyclic) bond motifs is 1. The fraction of sp³-hybridized carbons (Fsp3) is 0.385. The quantitative estimate of drug-likeness (QED) is 0.703. The van der Waals surface area contributed by atoms with Crippen LogP contribution in [-0.2, 0) is 22.6 Å². The predicted molar refractivity (Wildman–Crippen MR) is 67.8 cm³/mol. The highest BCUT2D eigenvalue weighted by Gasteiger charge is 2.18. The van der Waals surface area contributed by atoms with Gasteiger partial charge in [0.25, 0.3) is 5.91 Å². The maximum absolute atomic E-state index is 11.9. The minimum absolute atomic E-state index is 0.0556. The molecule has 0 radical (unpaired) electrons. The number of carbonyl (C=O) groups is 2. The van der Waals surface area contributed by atoms with Crippen LogP contribution in [0.3, 0.4) is 0 Å². The van der Waals surface area contributed by atoms with E-state index in [0.717, 1.165) is 18.7 Å². The summed E-state index contributed by atoms with van der Waals surface area (Å²) in [7, 11) is 1.30. The van der Waals surface area contributed by atoms with Crippen molar-refractivity contribution < 1.29 is 19.4 Å². The van der Waals surface area contributed by atoms with Crippen molar-refractivity contribution in [3.8, 4) is 0 Å². The van der Waals surface area contributed by atoms with Gasteiger partial charge in [-0.3, -0.25) is 4.79 Å². The van der Waals surface area contributed by atoms with Crippen LogP contribution in [0.15, 0.2) is 18.2 Å². The van der Waals surface area contributed by atoms with Gasteiger partial charge in [0.15, 0.2) is 6.10 Å². The van der Waals surface area contributed by atoms with Gasteiger partial charge in [-0.05, 0) is 23.3 Å². The van der Waals surface area contributed by atoms with Gasteiger partial charge in [-0.2, -0.15) is 0 Å². The van der Waals surface area contributed by atoms with Gasteiger partial charge in [0, 0.05) is 25.8 Å². The second-order valence-corrected chi connectivity index (χ2v) is 4.36. The molecule has 0 aromatic heterocycles. The molecule has 0 bridgehead atoms. The molecule has 1 aromatic carbocycles. The number of rotatable bonds is 5. The number of nitrogens with one attached hydrogen (secondary N) is 2. The number of aliphatic carboxylic acids is 1. The van der Waals surface area contributed by atoms with Crippen LogP contribution in [0.5, 0.6) is 0 Å². The molecule has 1 atom stereocenters. The van der Waals surface area contributed by atoms with Crippen LogP contribution >= 0.6 is 0 Å². The minimum Gasteiger partial charge on any atom is -0.479 e. The summed E-state index contributed by atoms with van der Waals surface area (Å²) >= 11 is 0. The second-order valence-electron chi connectivity index (χ2n) is 4.36. The van der Waals surface area contributed by atoms with E-state index in [1.165, 1.54) is 12.7 Å². The van der Waals surface area contributed by atoms with E-state index < -0.39 is 12.1 Å². The highest BCUT2D eigenvalue weighted by atomic mass is 16.5. The van der Waals surface area contributed by atoms with E-state index in [0.29, 0.717) is 5.56 Å². The van der Waals surface area contributed by atoms with Crippen LogP contribution in [0.2, 0.25) is 0 Å². The van der Waals surface area contributed by atoms with Gasteiger partial charge in [0.1, 0.15) is 0 Å². The fourth-order valence-corrected chi connectivity index (χ4v) is 1.99. The normalized spacial score (nSPS) is 14.8. The number of benzene rings is 1. The first-order chi connectivity index (χ1) is 9.11. The summed E-state index contributed by atoms with van der Waals surface area (Å²) in [5.41, 5.74) is 2.83. The topological polar surface area (TPSA) is 87.7 Å². The van der Waals surface area contributed by atoms with Crippen molar-refractivity contribution in [2.75, 3.05) is 13.7 Å². The lowest BCUT2D eigenvalue weighted by atomic mass is 10.1. The zero-order valence-corrected chi connectivity index (χ0v) is 10.6. The molecular weight excluding hydrogens is 248 g/mol. The Hall–Kier alpha value is -1.92. The Balaban J connectivity index is 1.98. The van der Waals surface area contributed by atoms with E-state index in [4.69, 9.17) is 9.84 Å². The molecule has 1 heterocycles. The van der Waals surface area contributed by atoms with Crippen LogP contribution in [0.25, 0.3) is 0 Å². The molecule has 0 saturated carbocycles. The lowest BCUT2D eigenvalue weighted by Crippen LogP contribution is -2.37. The fourth-order valence-electron chi connectivity index (χ4n) is 1.99. The Morgan fingerprint density at radius 2 is 2.16 bits per heavy atom. The Kier molecular flexibility index (Phi) is 4.13. The van der Waals surface area contributed by atoms with Crippen molar-refractivity contribution in [2.45, 2.75) is 19.2 Å². The van der Waals surface area contributed by atoms with Crippen LogP contribution in [-0.4, -0.2) is 36.7 Å². The molecule has 0 saturated heterocycles. The van der Waals surface area contributed by atoms with Crippen molar-refractivity contribution >= 4 is 11.9 Å². The molecule has 1 amide bonds. The van der Waals surface area contributed by atoms with Crippen molar-refractivity contribution in [1.82, 2.24) is 10.6 Å². The monoisotopic (exact) mass is 264 g/mol. The summed E-state index contributed by atoms with van der Waals surface area (Å²) in [5.74, 6) is -1.39. The maximum Gasteiger partial charge on any atom is 0.334 e. The van der Waals surface area contributed by atoms with Crippen LogP contribution in [0.4, 0.5) is 0 Å². The SMILES string of the molecule is COC(CNC(=O)c1ccc2c(c1)CNC2)C(=O)O. The van der Waals surface area contributed by atoms with Crippen molar-refractivity contribution in [3.63, 3.8) is 0 Å². The van der Waals surface area contributed by atoms with E-state index in [-0.39, 0.29) is 12.5 Å². The predicted octanol–water partition coefficient (Wildman–Crippen LogP) is 0.119. The van der Waals surface area contributed by atoms with Crippen molar-refractivity contribution in [1.29, 1.82) is 0 Å². The molecular formula is C13H16N2O4. The number of amides is 1. The molecule has 6 nitrogen and oxygen atoms in total. The molecule has 6 heteroatoms. The van der Waals surface area contributed by atoms with Crippen LogP contribution in [0.1, 0.15) is 21.5 Å². The molecule has 0 fully saturated rings. The van der Waals surface area contributed by atoms with Gasteiger partial charge < -0.3 is 20.5 Å². The number of hydrogen-bond donors (Lipinski definition) is 3. The summed E-state index contributed by atoms with van der Waals surface area (Å²) < 4.78 is 4.75. The molecule has 3 N–H and O–H groups in total. The van der Waals surface area contributed by atoms with Crippen LogP contribution in [0, 0.1) is 0 Å². The standard InChI is InChI=1S/C13H16N2O4/c1-19-11(13(17)18)7-15-12(16)8-2-3-9-5-14-6-10(9)4-8/h2-4,11,14H,5-7H2,1H3,(H,15,16)(H,17,18). The Bertz CT molecular complexity index is 501. The first kappa shape index (κ1) is 13.5. The molecule has 1 unspecified atom stereocenters. The third kappa shape index (κ3) is 3.10. The summed E-state index contributed by atoms with van der Waals surface area (Å²) in [6.07, 6.45) is -1.03. The average molecular weight is 264 g/mol. The minimum atomic E-state index is -1.10. The van der Waals surface area contributed by atoms with Crippen LogP contribution < -0.4 is 10.6 Å². The Morgan fingerprint density at radius 3 is 2.84 bits per heavy atom. The van der Waals surface area contributed by atoms with Gasteiger partial charge in [-0.15, -0.1) is 0 Å². The van der Waals surface area contributed by atoms with Crippen molar-refractivity contribution in [2.24, 2.45) is 0 Å². The third-order valence-electron chi connectivity index (χ3n) is 3.11. The molecule has 0 aliphatic carbocycles. The van der Waals surface area contributed by atoms with Gasteiger partial charge in [0.2, 0.25) is 0 Å². The van der Waals surface area contributed by atoms with Crippen molar-refractivity contribution in [3.05, 3.63) is 34.9 Å². The number of hydrogen-bond acceptors (Lipinski definition) is 4. The van der Waals surface area contributed by atoms with E-state index in [1.807, 2.05) is 12.1 Å². The molecule has 2 rings (SSSR count). The first-order valence-electron chi connectivity index (χ1n) is 5.98. The summed E-state index contributed by atoms with van der Waals surface area (Å²) in [6.45, 7) is 1.52. The van der Waals surface area contributed by atoms with E-state index in [2.05, 4.69) is 10.6 Å². The number of carboxylic acid groups (broad SMARTS) is 1. The second kappa shape index (κ2) is 5.81. The zero-order valence-electron chi connectivity index (χ0n) is 10.6. The Labute approximate surface area is 110 Å². The van der Waals surface area contributed by atoms with E-state index in [9.17, 15) is 9.59 Å². The number of carboxylic acids is 1. The lowest BCUT2D eigenvalue weighted by molar-refractivity contribution is -0.148. The smallest absolute Gasteiger partial charge is 0.334 e. The van der Waals surface area contributed by atoms with Gasteiger partial charge >= 0.3 is 5.97 Å². The zero-order chi connectivity index (χ0) is 13.8. The molecule has 1 aromatic rings. The first-order valence-corrected chi connectivity index (χ1v) is 5.98. The Morgan fingerprint density at radius 1 is 1.42 bits per heavy atom. The maximum atomic E-state index is 11.9. The number of methoxy groups -OCH3 is 1. The molecule has 1 aliphatic heterocycles. The van der Waals surface area contributed by atoms with Gasteiger partial charge in [-0.1, -0.05) is 6.07 Å². The summed E-state index contributed by atoms with van der Waals surface area (Å²) in [5, 5.41) is 14.6. The number of ether oxygens (including phenoxy) is 1. The summed E-state index contributed by atoms with van der Waals surface area (Å²) in [4.78, 5) is 22.7. The summed E-state index contributed by atoms with van der Waals surface area (Å²) in [6, 6.07) is 5.48. The molecule has 102 valence electrons. The highest BCUT2D eigenvalue weighted by molar-refractivity contribution is 5.94. The largest absolute Gasteiger partial charge is 0.479 e. The highest BCUT2D eigenvalue weighted by Crippen LogP contribution is 2.16. The molecule has 1 aliphatic rings. The van der Waals surface area contributed by atoms with E-state index >= 15 is 0 Å².